The number of rotatable bonds is 5. The van der Waals surface area contributed by atoms with Gasteiger partial charge in [0.15, 0.2) is 9.84 Å². The Labute approximate surface area is 132 Å². The Morgan fingerprint density at radius 1 is 1.14 bits per heavy atom. The van der Waals surface area contributed by atoms with E-state index in [9.17, 15) is 13.5 Å². The van der Waals surface area contributed by atoms with Crippen LogP contribution in [0.2, 0.25) is 0 Å². The highest BCUT2D eigenvalue weighted by Crippen LogP contribution is 2.23. The Morgan fingerprint density at radius 2 is 1.76 bits per heavy atom. The van der Waals surface area contributed by atoms with E-state index in [-0.39, 0.29) is 4.90 Å². The first-order valence-electron chi connectivity index (χ1n) is 6.34. The number of halogens is 1. The van der Waals surface area contributed by atoms with Gasteiger partial charge >= 0.3 is 0 Å². The third-order valence-corrected chi connectivity index (χ3v) is 4.87. The van der Waals surface area contributed by atoms with Crippen LogP contribution in [0.5, 0.6) is 0 Å². The summed E-state index contributed by atoms with van der Waals surface area (Å²) in [7, 11) is -3.21. The van der Waals surface area contributed by atoms with Gasteiger partial charge in [-0.15, -0.1) is 0 Å². The van der Waals surface area contributed by atoms with Crippen molar-refractivity contribution in [3.63, 3.8) is 0 Å². The topological polar surface area (TPSA) is 66.4 Å². The van der Waals surface area contributed by atoms with Crippen molar-refractivity contribution >= 4 is 31.5 Å². The van der Waals surface area contributed by atoms with Crippen LogP contribution in [0.1, 0.15) is 11.7 Å². The predicted molar refractivity (Wildman–Crippen MR) is 87.1 cm³/mol. The number of sulfone groups is 1. The molecule has 2 rings (SSSR count). The number of para-hydroxylation sites is 1. The molecule has 112 valence electrons. The molecule has 0 bridgehead atoms. The lowest BCUT2D eigenvalue weighted by Crippen LogP contribution is -2.12. The minimum absolute atomic E-state index is 0.247. The molecule has 0 aromatic heterocycles. The molecule has 2 aromatic carbocycles. The number of hydrogen-bond donors (Lipinski definition) is 2. The molecular formula is C15H16BrNO3S. The number of anilines is 1. The average molecular weight is 370 g/mol. The average Bonchev–Trinajstić information content (AvgIpc) is 2.45. The zero-order valence-corrected chi connectivity index (χ0v) is 13.9. The molecule has 0 spiro atoms. The van der Waals surface area contributed by atoms with Crippen LogP contribution >= 0.6 is 15.9 Å². The molecule has 0 heterocycles. The molecule has 2 aromatic rings. The molecule has 6 heteroatoms. The van der Waals surface area contributed by atoms with Crippen LogP contribution in [0, 0.1) is 0 Å². The first-order valence-corrected chi connectivity index (χ1v) is 9.03. The van der Waals surface area contributed by atoms with Crippen molar-refractivity contribution in [2.45, 2.75) is 11.0 Å². The summed E-state index contributed by atoms with van der Waals surface area (Å²) in [5.41, 5.74) is 1.56. The second-order valence-corrected chi connectivity index (χ2v) is 7.59. The van der Waals surface area contributed by atoms with Gasteiger partial charge in [0.1, 0.15) is 0 Å². The molecule has 1 unspecified atom stereocenters. The van der Waals surface area contributed by atoms with Crippen LogP contribution in [0.3, 0.4) is 0 Å². The fourth-order valence-electron chi connectivity index (χ4n) is 1.87. The minimum atomic E-state index is -3.21. The van der Waals surface area contributed by atoms with E-state index in [2.05, 4.69) is 21.2 Å². The molecule has 0 aliphatic heterocycles. The van der Waals surface area contributed by atoms with Gasteiger partial charge in [0.2, 0.25) is 0 Å². The van der Waals surface area contributed by atoms with Gasteiger partial charge in [-0.3, -0.25) is 0 Å². The second kappa shape index (κ2) is 6.60. The Balaban J connectivity index is 2.04. The van der Waals surface area contributed by atoms with Crippen molar-refractivity contribution < 1.29 is 13.5 Å². The molecule has 4 nitrogen and oxygen atoms in total. The molecule has 0 amide bonds. The predicted octanol–water partition coefficient (Wildman–Crippen LogP) is 3.00. The van der Waals surface area contributed by atoms with Crippen LogP contribution < -0.4 is 5.32 Å². The van der Waals surface area contributed by atoms with Gasteiger partial charge in [0.25, 0.3) is 0 Å². The van der Waals surface area contributed by atoms with E-state index in [0.29, 0.717) is 12.1 Å². The van der Waals surface area contributed by atoms with E-state index in [4.69, 9.17) is 0 Å². The van der Waals surface area contributed by atoms with Gasteiger partial charge in [-0.2, -0.15) is 0 Å². The summed E-state index contributed by atoms with van der Waals surface area (Å²) >= 11 is 3.42. The van der Waals surface area contributed by atoms with Gasteiger partial charge in [0.05, 0.1) is 11.0 Å². The molecular weight excluding hydrogens is 354 g/mol. The Morgan fingerprint density at radius 3 is 2.33 bits per heavy atom. The fraction of sp³-hybridized carbons (Fsp3) is 0.200. The first kappa shape index (κ1) is 16.0. The van der Waals surface area contributed by atoms with Crippen molar-refractivity contribution in [3.8, 4) is 0 Å². The SMILES string of the molecule is CS(=O)(=O)c1ccc(C(O)CNc2ccccc2Br)cc1. The fourth-order valence-corrected chi connectivity index (χ4v) is 2.92. The highest BCUT2D eigenvalue weighted by atomic mass is 79.9. The quantitative estimate of drug-likeness (QED) is 0.849. The number of aliphatic hydroxyl groups is 1. The summed E-state index contributed by atoms with van der Waals surface area (Å²) in [4.78, 5) is 0.247. The Hall–Kier alpha value is -1.37. The second-order valence-electron chi connectivity index (χ2n) is 4.72. The van der Waals surface area contributed by atoms with Gasteiger partial charge in [-0.1, -0.05) is 24.3 Å². The standard InChI is InChI=1S/C15H16BrNO3S/c1-21(19,20)12-8-6-11(7-9-12)15(18)10-17-14-5-3-2-4-13(14)16/h2-9,15,17-18H,10H2,1H3. The largest absolute Gasteiger partial charge is 0.387 e. The molecule has 21 heavy (non-hydrogen) atoms. The van der Waals surface area contributed by atoms with E-state index in [0.717, 1.165) is 16.4 Å². The third-order valence-electron chi connectivity index (χ3n) is 3.05. The normalized spacial score (nSPS) is 12.9. The van der Waals surface area contributed by atoms with E-state index < -0.39 is 15.9 Å². The maximum absolute atomic E-state index is 11.4. The molecule has 0 fully saturated rings. The van der Waals surface area contributed by atoms with Crippen molar-refractivity contribution in [3.05, 3.63) is 58.6 Å². The zero-order chi connectivity index (χ0) is 15.5. The van der Waals surface area contributed by atoms with E-state index >= 15 is 0 Å². The van der Waals surface area contributed by atoms with Crippen molar-refractivity contribution in [1.82, 2.24) is 0 Å². The minimum Gasteiger partial charge on any atom is -0.387 e. The number of aliphatic hydroxyl groups excluding tert-OH is 1. The smallest absolute Gasteiger partial charge is 0.175 e. The molecule has 0 aliphatic carbocycles. The maximum Gasteiger partial charge on any atom is 0.175 e. The molecule has 0 aliphatic rings. The van der Waals surface area contributed by atoms with Crippen LogP contribution in [0.25, 0.3) is 0 Å². The third kappa shape index (κ3) is 4.30. The van der Waals surface area contributed by atoms with E-state index in [1.165, 1.54) is 12.1 Å². The summed E-state index contributed by atoms with van der Waals surface area (Å²) in [6, 6.07) is 13.9. The lowest BCUT2D eigenvalue weighted by atomic mass is 10.1. The van der Waals surface area contributed by atoms with Gasteiger partial charge in [0, 0.05) is 23.0 Å². The van der Waals surface area contributed by atoms with Gasteiger partial charge < -0.3 is 10.4 Å². The van der Waals surface area contributed by atoms with E-state index in [1.807, 2.05) is 24.3 Å². The monoisotopic (exact) mass is 369 g/mol. The van der Waals surface area contributed by atoms with Gasteiger partial charge in [-0.25, -0.2) is 8.42 Å². The van der Waals surface area contributed by atoms with Crippen LogP contribution in [0.4, 0.5) is 5.69 Å². The summed E-state index contributed by atoms with van der Waals surface area (Å²) < 4.78 is 23.7. The maximum atomic E-state index is 11.4. The summed E-state index contributed by atoms with van der Waals surface area (Å²) in [5.74, 6) is 0. The lowest BCUT2D eigenvalue weighted by Gasteiger charge is -2.14. The van der Waals surface area contributed by atoms with Crippen LogP contribution in [0.15, 0.2) is 57.9 Å². The van der Waals surface area contributed by atoms with Crippen molar-refractivity contribution in [2.75, 3.05) is 18.1 Å². The first-order chi connectivity index (χ1) is 9.88. The molecule has 1 atom stereocenters. The summed E-state index contributed by atoms with van der Waals surface area (Å²) in [6.07, 6.45) is 0.443. The van der Waals surface area contributed by atoms with Crippen molar-refractivity contribution in [1.29, 1.82) is 0 Å². The number of benzene rings is 2. The Bertz CT molecular complexity index is 714. The molecule has 0 saturated carbocycles. The van der Waals surface area contributed by atoms with E-state index in [1.54, 1.807) is 12.1 Å². The summed E-state index contributed by atoms with van der Waals surface area (Å²) in [5, 5.41) is 13.3. The molecule has 0 radical (unpaired) electrons. The Kier molecular flexibility index (Phi) is 5.03. The zero-order valence-electron chi connectivity index (χ0n) is 11.5. The molecule has 0 saturated heterocycles. The van der Waals surface area contributed by atoms with Crippen LogP contribution in [-0.4, -0.2) is 26.3 Å². The number of hydrogen-bond acceptors (Lipinski definition) is 4. The van der Waals surface area contributed by atoms with Crippen LogP contribution in [-0.2, 0) is 9.84 Å². The highest BCUT2D eigenvalue weighted by molar-refractivity contribution is 9.10. The number of nitrogens with one attached hydrogen (secondary N) is 1. The highest BCUT2D eigenvalue weighted by Gasteiger charge is 2.11. The summed E-state index contributed by atoms with van der Waals surface area (Å²) in [6.45, 7) is 0.334. The van der Waals surface area contributed by atoms with Crippen molar-refractivity contribution in [2.24, 2.45) is 0 Å². The van der Waals surface area contributed by atoms with Gasteiger partial charge in [-0.05, 0) is 45.8 Å². The molecule has 2 N–H and O–H groups in total. The lowest BCUT2D eigenvalue weighted by molar-refractivity contribution is 0.191.